The molecule has 1 heterocycles. The third kappa shape index (κ3) is 3.59. The zero-order valence-electron chi connectivity index (χ0n) is 17.9. The molecule has 0 aliphatic heterocycles. The van der Waals surface area contributed by atoms with Crippen LogP contribution >= 0.6 is 0 Å². The van der Waals surface area contributed by atoms with Crippen molar-refractivity contribution in [2.24, 2.45) is 13.0 Å². The highest BCUT2D eigenvalue weighted by Crippen LogP contribution is 2.48. The maximum atomic E-state index is 13.2. The van der Waals surface area contributed by atoms with Gasteiger partial charge in [0.25, 0.3) is 0 Å². The van der Waals surface area contributed by atoms with Gasteiger partial charge in [-0.15, -0.1) is 0 Å². The lowest BCUT2D eigenvalue weighted by Crippen LogP contribution is -2.41. The van der Waals surface area contributed by atoms with Crippen LogP contribution in [0, 0.1) is 19.8 Å². The lowest BCUT2D eigenvalue weighted by molar-refractivity contribution is -0.132. The zero-order chi connectivity index (χ0) is 21.5. The van der Waals surface area contributed by atoms with E-state index in [2.05, 4.69) is 0 Å². The first-order valence-electron chi connectivity index (χ1n) is 9.80. The van der Waals surface area contributed by atoms with Gasteiger partial charge in [0.2, 0.25) is 5.91 Å². The molecule has 6 heteroatoms. The van der Waals surface area contributed by atoms with Crippen molar-refractivity contribution < 1.29 is 19.1 Å². The molecule has 0 spiro atoms. The van der Waals surface area contributed by atoms with Gasteiger partial charge in [-0.05, 0) is 44.2 Å². The Morgan fingerprint density at radius 2 is 1.79 bits per heavy atom. The highest BCUT2D eigenvalue weighted by molar-refractivity contribution is 6.06. The molecule has 1 aromatic heterocycles. The number of carbonyl (C=O) groups excluding carboxylic acids is 3. The Morgan fingerprint density at radius 3 is 2.38 bits per heavy atom. The summed E-state index contributed by atoms with van der Waals surface area (Å²) in [4.78, 5) is 39.8. The molecule has 154 valence electrons. The average Bonchev–Trinajstić information content (AvgIpc) is 3.49. The Labute approximate surface area is 171 Å². The molecule has 0 bridgehead atoms. The summed E-state index contributed by atoms with van der Waals surface area (Å²) < 4.78 is 6.53. The highest BCUT2D eigenvalue weighted by atomic mass is 16.5. The van der Waals surface area contributed by atoms with Crippen molar-refractivity contribution in [2.75, 3.05) is 14.2 Å². The fraction of sp³-hybridized carbons (Fsp3) is 0.435. The van der Waals surface area contributed by atoms with Crippen LogP contribution in [0.25, 0.3) is 0 Å². The van der Waals surface area contributed by atoms with Gasteiger partial charge in [0.1, 0.15) is 5.69 Å². The standard InChI is InChI=1S/C23H28N2O4/c1-13-19(14(2)24(4)20(13)23(28)29-6)21(26)15(3)25(5)22(27)18-12-17(18)16-10-8-7-9-11-16/h7-11,15,17-18H,12H2,1-6H3/t15-,17+,18+/m1/s1. The third-order valence-corrected chi connectivity index (χ3v) is 6.20. The molecule has 2 aromatic rings. The fourth-order valence-electron chi connectivity index (χ4n) is 4.10. The van der Waals surface area contributed by atoms with E-state index >= 15 is 0 Å². The Morgan fingerprint density at radius 1 is 1.17 bits per heavy atom. The first-order valence-corrected chi connectivity index (χ1v) is 9.80. The molecule has 0 N–H and O–H groups in total. The Balaban J connectivity index is 1.79. The molecular formula is C23H28N2O4. The molecule has 1 aliphatic rings. The molecule has 29 heavy (non-hydrogen) atoms. The van der Waals surface area contributed by atoms with Gasteiger partial charge in [0.05, 0.1) is 13.2 Å². The van der Waals surface area contributed by atoms with Crippen LogP contribution in [0.1, 0.15) is 56.9 Å². The minimum Gasteiger partial charge on any atom is -0.464 e. The van der Waals surface area contributed by atoms with Crippen LogP contribution < -0.4 is 0 Å². The number of methoxy groups -OCH3 is 1. The van der Waals surface area contributed by atoms with E-state index in [1.54, 1.807) is 44.3 Å². The van der Waals surface area contributed by atoms with Crippen LogP contribution in [0.2, 0.25) is 0 Å². The van der Waals surface area contributed by atoms with E-state index < -0.39 is 12.0 Å². The molecule has 0 saturated heterocycles. The molecule has 0 radical (unpaired) electrons. The minimum atomic E-state index is -0.621. The molecule has 3 atom stereocenters. The quantitative estimate of drug-likeness (QED) is 0.555. The molecule has 1 amide bonds. The van der Waals surface area contributed by atoms with Crippen molar-refractivity contribution in [1.82, 2.24) is 9.47 Å². The molecule has 0 unspecified atom stereocenters. The lowest BCUT2D eigenvalue weighted by atomic mass is 9.99. The van der Waals surface area contributed by atoms with Gasteiger partial charge in [-0.1, -0.05) is 30.3 Å². The van der Waals surface area contributed by atoms with Crippen molar-refractivity contribution in [1.29, 1.82) is 0 Å². The third-order valence-electron chi connectivity index (χ3n) is 6.20. The molecule has 1 aliphatic carbocycles. The Bertz CT molecular complexity index is 961. The number of hydrogen-bond acceptors (Lipinski definition) is 4. The number of benzene rings is 1. The summed E-state index contributed by atoms with van der Waals surface area (Å²) in [7, 11) is 4.74. The van der Waals surface area contributed by atoms with E-state index in [0.717, 1.165) is 12.0 Å². The van der Waals surface area contributed by atoms with Gasteiger partial charge in [-0.2, -0.15) is 0 Å². The highest BCUT2D eigenvalue weighted by Gasteiger charge is 2.46. The van der Waals surface area contributed by atoms with E-state index in [1.807, 2.05) is 30.3 Å². The Hall–Kier alpha value is -2.89. The number of ether oxygens (including phenoxy) is 1. The molecule has 1 fully saturated rings. The maximum absolute atomic E-state index is 13.2. The van der Waals surface area contributed by atoms with E-state index in [9.17, 15) is 14.4 Å². The van der Waals surface area contributed by atoms with Gasteiger partial charge < -0.3 is 14.2 Å². The summed E-state index contributed by atoms with van der Waals surface area (Å²) >= 11 is 0. The monoisotopic (exact) mass is 396 g/mol. The number of likely N-dealkylation sites (N-methyl/N-ethyl adjacent to an activating group) is 1. The minimum absolute atomic E-state index is 0.0147. The van der Waals surface area contributed by atoms with Crippen molar-refractivity contribution in [2.45, 2.75) is 39.2 Å². The van der Waals surface area contributed by atoms with Crippen molar-refractivity contribution in [3.8, 4) is 0 Å². The predicted octanol–water partition coefficient (Wildman–Crippen LogP) is 3.26. The predicted molar refractivity (Wildman–Crippen MR) is 110 cm³/mol. The zero-order valence-corrected chi connectivity index (χ0v) is 17.9. The number of carbonyl (C=O) groups is 3. The van der Waals surface area contributed by atoms with Crippen molar-refractivity contribution in [3.05, 3.63) is 58.4 Å². The average molecular weight is 396 g/mol. The summed E-state index contributed by atoms with van der Waals surface area (Å²) in [5, 5.41) is 0. The number of ketones is 1. The van der Waals surface area contributed by atoms with Crippen molar-refractivity contribution >= 4 is 17.7 Å². The topological polar surface area (TPSA) is 68.6 Å². The molecule has 6 nitrogen and oxygen atoms in total. The fourth-order valence-corrected chi connectivity index (χ4v) is 4.10. The van der Waals surface area contributed by atoms with Crippen LogP contribution in [0.4, 0.5) is 0 Å². The van der Waals surface area contributed by atoms with Crippen LogP contribution in [-0.4, -0.2) is 47.3 Å². The number of esters is 1. The van der Waals surface area contributed by atoms with Crippen LogP contribution in [0.15, 0.2) is 30.3 Å². The number of rotatable bonds is 6. The maximum Gasteiger partial charge on any atom is 0.354 e. The summed E-state index contributed by atoms with van der Waals surface area (Å²) in [6, 6.07) is 9.37. The number of aromatic nitrogens is 1. The smallest absolute Gasteiger partial charge is 0.354 e. The normalized spacial score (nSPS) is 18.8. The number of hydrogen-bond donors (Lipinski definition) is 0. The number of amides is 1. The number of nitrogens with zero attached hydrogens (tertiary/aromatic N) is 2. The SMILES string of the molecule is COC(=O)c1c(C)c(C(=O)[C@@H](C)N(C)C(=O)[C@H]2C[C@H]2c2ccccc2)c(C)n1C. The molecular weight excluding hydrogens is 368 g/mol. The van der Waals surface area contributed by atoms with E-state index in [0.29, 0.717) is 22.5 Å². The second kappa shape index (κ2) is 7.85. The largest absolute Gasteiger partial charge is 0.464 e. The molecule has 1 aromatic carbocycles. The summed E-state index contributed by atoms with van der Waals surface area (Å²) in [6.45, 7) is 5.28. The summed E-state index contributed by atoms with van der Waals surface area (Å²) in [6.07, 6.45) is 0.810. The van der Waals surface area contributed by atoms with Crippen LogP contribution in [0.3, 0.4) is 0 Å². The van der Waals surface area contributed by atoms with Gasteiger partial charge >= 0.3 is 5.97 Å². The van der Waals surface area contributed by atoms with E-state index in [-0.39, 0.29) is 23.5 Å². The van der Waals surface area contributed by atoms with Gasteiger partial charge in [-0.25, -0.2) is 4.79 Å². The summed E-state index contributed by atoms with van der Waals surface area (Å²) in [5.74, 6) is -0.522. The van der Waals surface area contributed by atoms with E-state index in [1.165, 1.54) is 7.11 Å². The lowest BCUT2D eigenvalue weighted by Gasteiger charge is -2.24. The second-order valence-electron chi connectivity index (χ2n) is 7.83. The Kier molecular flexibility index (Phi) is 5.64. The van der Waals surface area contributed by atoms with Gasteiger partial charge in [0, 0.05) is 31.3 Å². The molecule has 1 saturated carbocycles. The van der Waals surface area contributed by atoms with Gasteiger partial charge in [0.15, 0.2) is 5.78 Å². The van der Waals surface area contributed by atoms with Crippen LogP contribution in [0.5, 0.6) is 0 Å². The first kappa shape index (κ1) is 20.8. The van der Waals surface area contributed by atoms with E-state index in [4.69, 9.17) is 4.74 Å². The number of Topliss-reactive ketones (excluding diaryl/α,β-unsaturated/α-hetero) is 1. The van der Waals surface area contributed by atoms with Crippen molar-refractivity contribution in [3.63, 3.8) is 0 Å². The molecule has 3 rings (SSSR count). The first-order chi connectivity index (χ1) is 13.7. The van der Waals surface area contributed by atoms with Crippen LogP contribution in [-0.2, 0) is 16.6 Å². The second-order valence-corrected chi connectivity index (χ2v) is 7.83. The summed E-state index contributed by atoms with van der Waals surface area (Å²) in [5.41, 5.74) is 3.28. The van der Waals surface area contributed by atoms with Gasteiger partial charge in [-0.3, -0.25) is 9.59 Å².